The van der Waals surface area contributed by atoms with Crippen molar-refractivity contribution in [1.29, 1.82) is 0 Å². The highest BCUT2D eigenvalue weighted by Crippen LogP contribution is 2.19. The SMILES string of the molecule is Cc1nc(CNC(=O)c2ccc(CNS(=O)(=O)c3ccc(F)c(Cl)c3)cn2)cs1. The van der Waals surface area contributed by atoms with Gasteiger partial charge >= 0.3 is 0 Å². The van der Waals surface area contributed by atoms with Crippen LogP contribution in [0.1, 0.15) is 26.8 Å². The van der Waals surface area contributed by atoms with E-state index in [1.54, 1.807) is 6.07 Å². The Labute approximate surface area is 176 Å². The first-order chi connectivity index (χ1) is 13.7. The molecular formula is C18H16ClFN4O3S2. The summed E-state index contributed by atoms with van der Waals surface area (Å²) in [5, 5.41) is 5.23. The molecule has 0 aliphatic heterocycles. The van der Waals surface area contributed by atoms with Crippen LogP contribution in [-0.2, 0) is 23.1 Å². The summed E-state index contributed by atoms with van der Waals surface area (Å²) in [6.45, 7) is 2.13. The number of rotatable bonds is 7. The summed E-state index contributed by atoms with van der Waals surface area (Å²) in [6, 6.07) is 6.24. The van der Waals surface area contributed by atoms with Gasteiger partial charge in [-0.2, -0.15) is 0 Å². The number of thiazole rings is 1. The maximum Gasteiger partial charge on any atom is 0.270 e. The van der Waals surface area contributed by atoms with Crippen molar-refractivity contribution >= 4 is 38.9 Å². The van der Waals surface area contributed by atoms with Crippen molar-refractivity contribution in [2.45, 2.75) is 24.9 Å². The predicted molar refractivity (Wildman–Crippen MR) is 108 cm³/mol. The maximum absolute atomic E-state index is 13.2. The normalized spacial score (nSPS) is 11.4. The molecule has 0 unspecified atom stereocenters. The van der Waals surface area contributed by atoms with Gasteiger partial charge in [0.05, 0.1) is 27.2 Å². The van der Waals surface area contributed by atoms with Gasteiger partial charge in [-0.25, -0.2) is 22.5 Å². The molecular weight excluding hydrogens is 439 g/mol. The fourth-order valence-electron chi connectivity index (χ4n) is 2.32. The molecule has 1 aromatic carbocycles. The van der Waals surface area contributed by atoms with Crippen LogP contribution in [0.25, 0.3) is 0 Å². The highest BCUT2D eigenvalue weighted by molar-refractivity contribution is 7.89. The molecule has 0 saturated heterocycles. The molecule has 0 spiro atoms. The third-order valence-corrected chi connectivity index (χ3v) is 6.33. The third-order valence-electron chi connectivity index (χ3n) is 3.82. The summed E-state index contributed by atoms with van der Waals surface area (Å²) in [7, 11) is -3.88. The molecule has 2 heterocycles. The average Bonchev–Trinajstić information content (AvgIpc) is 3.12. The highest BCUT2D eigenvalue weighted by atomic mass is 35.5. The van der Waals surface area contributed by atoms with Crippen molar-refractivity contribution in [3.63, 3.8) is 0 Å². The number of halogens is 2. The largest absolute Gasteiger partial charge is 0.345 e. The number of sulfonamides is 1. The molecule has 0 radical (unpaired) electrons. The Kier molecular flexibility index (Phi) is 6.58. The molecule has 3 rings (SSSR count). The number of aryl methyl sites for hydroxylation is 1. The molecule has 2 aromatic heterocycles. The monoisotopic (exact) mass is 454 g/mol. The van der Waals surface area contributed by atoms with Gasteiger partial charge in [0, 0.05) is 18.1 Å². The van der Waals surface area contributed by atoms with Crippen molar-refractivity contribution in [2.75, 3.05) is 0 Å². The van der Waals surface area contributed by atoms with Crippen molar-refractivity contribution in [1.82, 2.24) is 20.0 Å². The topological polar surface area (TPSA) is 101 Å². The number of hydrogen-bond acceptors (Lipinski definition) is 6. The van der Waals surface area contributed by atoms with Crippen molar-refractivity contribution in [2.24, 2.45) is 0 Å². The van der Waals surface area contributed by atoms with Crippen LogP contribution in [-0.4, -0.2) is 24.3 Å². The van der Waals surface area contributed by atoms with Gasteiger partial charge in [0.1, 0.15) is 11.5 Å². The minimum atomic E-state index is -3.88. The van der Waals surface area contributed by atoms with Gasteiger partial charge < -0.3 is 5.32 Å². The Morgan fingerprint density at radius 1 is 1.24 bits per heavy atom. The van der Waals surface area contributed by atoms with Crippen LogP contribution in [0.5, 0.6) is 0 Å². The molecule has 0 aliphatic rings. The summed E-state index contributed by atoms with van der Waals surface area (Å²) in [5.41, 5.74) is 1.52. The van der Waals surface area contributed by atoms with Gasteiger partial charge in [-0.05, 0) is 36.8 Å². The lowest BCUT2D eigenvalue weighted by molar-refractivity contribution is 0.0945. The fraction of sp³-hybridized carbons (Fsp3) is 0.167. The van der Waals surface area contributed by atoms with Crippen LogP contribution in [0.4, 0.5) is 4.39 Å². The van der Waals surface area contributed by atoms with Crippen LogP contribution in [0.15, 0.2) is 46.8 Å². The van der Waals surface area contributed by atoms with E-state index in [2.05, 4.69) is 20.0 Å². The molecule has 7 nitrogen and oxygen atoms in total. The number of carbonyl (C=O) groups excluding carboxylic acids is 1. The van der Waals surface area contributed by atoms with Gasteiger partial charge in [-0.1, -0.05) is 17.7 Å². The van der Waals surface area contributed by atoms with Gasteiger partial charge in [0.2, 0.25) is 10.0 Å². The molecule has 2 N–H and O–H groups in total. The minimum absolute atomic E-state index is 0.0513. The Balaban J connectivity index is 1.58. The highest BCUT2D eigenvalue weighted by Gasteiger charge is 2.16. The molecule has 152 valence electrons. The molecule has 3 aromatic rings. The van der Waals surface area contributed by atoms with E-state index >= 15 is 0 Å². The van der Waals surface area contributed by atoms with Crippen molar-refractivity contribution < 1.29 is 17.6 Å². The van der Waals surface area contributed by atoms with E-state index in [-0.39, 0.29) is 28.1 Å². The van der Waals surface area contributed by atoms with Crippen molar-refractivity contribution in [3.8, 4) is 0 Å². The van der Waals surface area contributed by atoms with E-state index in [0.29, 0.717) is 12.1 Å². The molecule has 29 heavy (non-hydrogen) atoms. The van der Waals surface area contributed by atoms with E-state index in [0.717, 1.165) is 28.9 Å². The second-order valence-electron chi connectivity index (χ2n) is 5.99. The number of nitrogens with one attached hydrogen (secondary N) is 2. The van der Waals surface area contributed by atoms with Gasteiger partial charge in [0.25, 0.3) is 5.91 Å². The molecule has 0 aliphatic carbocycles. The first kappa shape index (κ1) is 21.3. The van der Waals surface area contributed by atoms with E-state index in [1.807, 2.05) is 12.3 Å². The number of hydrogen-bond donors (Lipinski definition) is 2. The smallest absolute Gasteiger partial charge is 0.270 e. The Morgan fingerprint density at radius 3 is 2.66 bits per heavy atom. The first-order valence-corrected chi connectivity index (χ1v) is 11.1. The number of benzene rings is 1. The first-order valence-electron chi connectivity index (χ1n) is 8.33. The standard InChI is InChI=1S/C18H16ClFN4O3S2/c1-11-24-13(10-28-11)9-22-18(25)17-5-2-12(7-21-17)8-23-29(26,27)14-3-4-16(20)15(19)6-14/h2-7,10,23H,8-9H2,1H3,(H,22,25). The predicted octanol–water partition coefficient (Wildman–Crippen LogP) is 3.05. The van der Waals surface area contributed by atoms with Crippen LogP contribution < -0.4 is 10.0 Å². The fourth-order valence-corrected chi connectivity index (χ4v) is 4.22. The average molecular weight is 455 g/mol. The molecule has 0 fully saturated rings. The second-order valence-corrected chi connectivity index (χ2v) is 9.23. The van der Waals surface area contributed by atoms with Crippen LogP contribution in [0.3, 0.4) is 0 Å². The number of carbonyl (C=O) groups is 1. The van der Waals surface area contributed by atoms with E-state index in [1.165, 1.54) is 23.6 Å². The molecule has 0 saturated carbocycles. The molecule has 1 amide bonds. The number of nitrogens with zero attached hydrogens (tertiary/aromatic N) is 2. The summed E-state index contributed by atoms with van der Waals surface area (Å²) < 4.78 is 40.1. The Hall–Kier alpha value is -2.40. The third kappa shape index (κ3) is 5.57. The summed E-state index contributed by atoms with van der Waals surface area (Å²) in [6.07, 6.45) is 1.40. The minimum Gasteiger partial charge on any atom is -0.345 e. The van der Waals surface area contributed by atoms with Crippen LogP contribution in [0, 0.1) is 12.7 Å². The summed E-state index contributed by atoms with van der Waals surface area (Å²) >= 11 is 7.13. The molecule has 0 atom stereocenters. The van der Waals surface area contributed by atoms with E-state index in [4.69, 9.17) is 11.6 Å². The van der Waals surface area contributed by atoms with Gasteiger partial charge in [-0.15, -0.1) is 11.3 Å². The Bertz CT molecular complexity index is 1130. The lowest BCUT2D eigenvalue weighted by Gasteiger charge is -2.08. The number of pyridine rings is 1. The van der Waals surface area contributed by atoms with Crippen LogP contribution >= 0.6 is 22.9 Å². The summed E-state index contributed by atoms with van der Waals surface area (Å²) in [5.74, 6) is -1.06. The number of amides is 1. The zero-order valence-electron chi connectivity index (χ0n) is 15.1. The Morgan fingerprint density at radius 2 is 2.03 bits per heavy atom. The zero-order valence-corrected chi connectivity index (χ0v) is 17.5. The number of aromatic nitrogens is 2. The van der Waals surface area contributed by atoms with E-state index in [9.17, 15) is 17.6 Å². The maximum atomic E-state index is 13.2. The second kappa shape index (κ2) is 8.95. The van der Waals surface area contributed by atoms with E-state index < -0.39 is 15.8 Å². The zero-order chi connectivity index (χ0) is 21.0. The molecule has 11 heteroatoms. The van der Waals surface area contributed by atoms with Crippen LogP contribution in [0.2, 0.25) is 5.02 Å². The van der Waals surface area contributed by atoms with Crippen molar-refractivity contribution in [3.05, 3.63) is 74.7 Å². The summed E-state index contributed by atoms with van der Waals surface area (Å²) in [4.78, 5) is 20.3. The van der Waals surface area contributed by atoms with Gasteiger partial charge in [0.15, 0.2) is 0 Å². The lowest BCUT2D eigenvalue weighted by atomic mass is 10.2. The lowest BCUT2D eigenvalue weighted by Crippen LogP contribution is -2.25. The van der Waals surface area contributed by atoms with Gasteiger partial charge in [-0.3, -0.25) is 9.78 Å². The quantitative estimate of drug-likeness (QED) is 0.571. The molecule has 0 bridgehead atoms.